The monoisotopic (exact) mass is 424 g/mol. The molecule has 1 aromatic carbocycles. The van der Waals surface area contributed by atoms with Crippen molar-refractivity contribution >= 4 is 27.5 Å². The first kappa shape index (κ1) is 23.3. The van der Waals surface area contributed by atoms with Crippen LogP contribution in [0.3, 0.4) is 0 Å². The molecule has 0 atom stereocenters. The highest BCUT2D eigenvalue weighted by molar-refractivity contribution is 7.89. The van der Waals surface area contributed by atoms with Crippen molar-refractivity contribution in [3.8, 4) is 0 Å². The van der Waals surface area contributed by atoms with Gasteiger partial charge in [0.25, 0.3) is 0 Å². The predicted octanol–water partition coefficient (Wildman–Crippen LogP) is 1.65. The number of hydrogen-bond donors (Lipinski definition) is 2. The first-order valence-electron chi connectivity index (χ1n) is 10.2. The van der Waals surface area contributed by atoms with Gasteiger partial charge in [-0.25, -0.2) is 8.42 Å². The first-order chi connectivity index (χ1) is 13.8. The molecule has 1 heterocycles. The van der Waals surface area contributed by atoms with Gasteiger partial charge in [-0.2, -0.15) is 4.31 Å². The lowest BCUT2D eigenvalue weighted by Crippen LogP contribution is -2.48. The van der Waals surface area contributed by atoms with Crippen LogP contribution in [-0.4, -0.2) is 68.7 Å². The molecule has 2 N–H and O–H groups in total. The molecule has 1 aromatic rings. The second-order valence-corrected chi connectivity index (χ2v) is 9.15. The molecule has 9 heteroatoms. The van der Waals surface area contributed by atoms with E-state index in [9.17, 15) is 18.0 Å². The third kappa shape index (κ3) is 7.41. The van der Waals surface area contributed by atoms with E-state index < -0.39 is 10.0 Å². The Labute approximate surface area is 173 Å². The van der Waals surface area contributed by atoms with Crippen LogP contribution in [0.25, 0.3) is 0 Å². The van der Waals surface area contributed by atoms with E-state index in [-0.39, 0.29) is 16.7 Å². The van der Waals surface area contributed by atoms with Crippen LogP contribution in [0.1, 0.15) is 39.5 Å². The molecule has 2 amide bonds. The third-order valence-corrected chi connectivity index (χ3v) is 6.88. The van der Waals surface area contributed by atoms with Gasteiger partial charge in [-0.1, -0.05) is 19.4 Å². The topological polar surface area (TPSA) is 98.8 Å². The summed E-state index contributed by atoms with van der Waals surface area (Å²) in [6.45, 7) is 7.50. The SMILES string of the molecule is CCN1CCN(S(=O)(=O)c2cccc(NC(=O)CCCCCNC(C)=O)c2)CC1. The molecule has 0 saturated carbocycles. The van der Waals surface area contributed by atoms with E-state index in [0.29, 0.717) is 38.2 Å². The van der Waals surface area contributed by atoms with E-state index in [1.807, 2.05) is 0 Å². The number of anilines is 1. The van der Waals surface area contributed by atoms with Crippen LogP contribution < -0.4 is 10.6 Å². The maximum absolute atomic E-state index is 12.9. The molecule has 0 unspecified atom stereocenters. The Morgan fingerprint density at radius 1 is 1.07 bits per heavy atom. The zero-order valence-electron chi connectivity index (χ0n) is 17.3. The van der Waals surface area contributed by atoms with E-state index in [4.69, 9.17) is 0 Å². The van der Waals surface area contributed by atoms with Crippen molar-refractivity contribution in [1.82, 2.24) is 14.5 Å². The summed E-state index contributed by atoms with van der Waals surface area (Å²) in [5.41, 5.74) is 0.488. The van der Waals surface area contributed by atoms with Crippen LogP contribution >= 0.6 is 0 Å². The van der Waals surface area contributed by atoms with E-state index in [0.717, 1.165) is 32.5 Å². The fourth-order valence-corrected chi connectivity index (χ4v) is 4.71. The van der Waals surface area contributed by atoms with Gasteiger partial charge < -0.3 is 15.5 Å². The van der Waals surface area contributed by atoms with E-state index in [1.165, 1.54) is 17.3 Å². The molecule has 2 rings (SSSR count). The zero-order chi connectivity index (χ0) is 21.3. The summed E-state index contributed by atoms with van der Waals surface area (Å²) in [4.78, 5) is 25.4. The standard InChI is InChI=1S/C20H32N4O4S/c1-3-23-12-14-24(15-13-23)29(27,28)19-9-7-8-18(16-19)22-20(26)10-5-4-6-11-21-17(2)25/h7-9,16H,3-6,10-15H2,1-2H3,(H,21,25)(H,22,26). The van der Waals surface area contributed by atoms with Crippen LogP contribution in [0.4, 0.5) is 5.69 Å². The predicted molar refractivity (Wildman–Crippen MR) is 113 cm³/mol. The van der Waals surface area contributed by atoms with Gasteiger partial charge in [-0.15, -0.1) is 0 Å². The molecule has 29 heavy (non-hydrogen) atoms. The Hall–Kier alpha value is -1.97. The van der Waals surface area contributed by atoms with Crippen molar-refractivity contribution in [3.63, 3.8) is 0 Å². The highest BCUT2D eigenvalue weighted by Gasteiger charge is 2.28. The number of unbranched alkanes of at least 4 members (excludes halogenated alkanes) is 2. The molecule has 1 fully saturated rings. The Kier molecular flexibility index (Phi) is 9.06. The smallest absolute Gasteiger partial charge is 0.243 e. The van der Waals surface area contributed by atoms with Crippen molar-refractivity contribution in [1.29, 1.82) is 0 Å². The van der Waals surface area contributed by atoms with Gasteiger partial charge >= 0.3 is 0 Å². The fourth-order valence-electron chi connectivity index (χ4n) is 3.24. The van der Waals surface area contributed by atoms with Gasteiger partial charge in [0.2, 0.25) is 21.8 Å². The highest BCUT2D eigenvalue weighted by atomic mass is 32.2. The van der Waals surface area contributed by atoms with Crippen LogP contribution in [-0.2, 0) is 19.6 Å². The number of rotatable bonds is 10. The van der Waals surface area contributed by atoms with E-state index >= 15 is 0 Å². The number of carbonyl (C=O) groups is 2. The van der Waals surface area contributed by atoms with Crippen molar-refractivity contribution in [2.24, 2.45) is 0 Å². The van der Waals surface area contributed by atoms with Gasteiger partial charge in [0.1, 0.15) is 0 Å². The number of piperazine rings is 1. The number of likely N-dealkylation sites (N-methyl/N-ethyl adjacent to an activating group) is 1. The second-order valence-electron chi connectivity index (χ2n) is 7.21. The number of nitrogens with zero attached hydrogens (tertiary/aromatic N) is 2. The molecule has 0 bridgehead atoms. The van der Waals surface area contributed by atoms with Gasteiger partial charge in [0.05, 0.1) is 4.90 Å². The molecular weight excluding hydrogens is 392 g/mol. The molecule has 0 spiro atoms. The minimum absolute atomic E-state index is 0.0511. The number of hydrogen-bond acceptors (Lipinski definition) is 5. The third-order valence-electron chi connectivity index (χ3n) is 4.99. The number of sulfonamides is 1. The van der Waals surface area contributed by atoms with E-state index in [1.54, 1.807) is 18.2 Å². The molecular formula is C20H32N4O4S. The Morgan fingerprint density at radius 3 is 2.45 bits per heavy atom. The minimum atomic E-state index is -3.57. The van der Waals surface area contributed by atoms with Gasteiger partial charge in [0, 0.05) is 51.8 Å². The summed E-state index contributed by atoms with van der Waals surface area (Å²) in [6.07, 6.45) is 2.74. The molecule has 0 aromatic heterocycles. The summed E-state index contributed by atoms with van der Waals surface area (Å²) in [7, 11) is -3.57. The maximum atomic E-state index is 12.9. The number of nitrogens with one attached hydrogen (secondary N) is 2. The van der Waals surface area contributed by atoms with Crippen LogP contribution in [0.15, 0.2) is 29.2 Å². The van der Waals surface area contributed by atoms with Gasteiger partial charge in [0.15, 0.2) is 0 Å². The van der Waals surface area contributed by atoms with Gasteiger partial charge in [-0.3, -0.25) is 9.59 Å². The number of benzene rings is 1. The molecule has 1 aliphatic rings. The number of carbonyl (C=O) groups excluding carboxylic acids is 2. The summed E-state index contributed by atoms with van der Waals surface area (Å²) in [5, 5.41) is 5.51. The summed E-state index contributed by atoms with van der Waals surface area (Å²) < 4.78 is 27.3. The van der Waals surface area contributed by atoms with Crippen LogP contribution in [0.2, 0.25) is 0 Å². The molecule has 1 aliphatic heterocycles. The molecule has 0 aliphatic carbocycles. The summed E-state index contributed by atoms with van der Waals surface area (Å²) in [6, 6.07) is 6.44. The molecule has 162 valence electrons. The zero-order valence-corrected chi connectivity index (χ0v) is 18.1. The van der Waals surface area contributed by atoms with Crippen molar-refractivity contribution in [2.45, 2.75) is 44.4 Å². The highest BCUT2D eigenvalue weighted by Crippen LogP contribution is 2.21. The maximum Gasteiger partial charge on any atom is 0.243 e. The van der Waals surface area contributed by atoms with Crippen LogP contribution in [0, 0.1) is 0 Å². The summed E-state index contributed by atoms with van der Waals surface area (Å²) in [5.74, 6) is -0.194. The Bertz CT molecular complexity index is 789. The van der Waals surface area contributed by atoms with Crippen molar-refractivity contribution < 1.29 is 18.0 Å². The van der Waals surface area contributed by atoms with Gasteiger partial charge in [-0.05, 0) is 37.6 Å². The minimum Gasteiger partial charge on any atom is -0.356 e. The fraction of sp³-hybridized carbons (Fsp3) is 0.600. The largest absolute Gasteiger partial charge is 0.356 e. The lowest BCUT2D eigenvalue weighted by Gasteiger charge is -2.33. The lowest BCUT2D eigenvalue weighted by molar-refractivity contribution is -0.119. The van der Waals surface area contributed by atoms with Crippen molar-refractivity contribution in [2.75, 3.05) is 44.6 Å². The molecule has 1 saturated heterocycles. The average molecular weight is 425 g/mol. The molecule has 0 radical (unpaired) electrons. The second kappa shape index (κ2) is 11.3. The normalized spacial score (nSPS) is 15.8. The Morgan fingerprint density at radius 2 is 1.79 bits per heavy atom. The Balaban J connectivity index is 1.85. The van der Waals surface area contributed by atoms with Crippen molar-refractivity contribution in [3.05, 3.63) is 24.3 Å². The lowest BCUT2D eigenvalue weighted by atomic mass is 10.2. The first-order valence-corrected chi connectivity index (χ1v) is 11.6. The van der Waals surface area contributed by atoms with Crippen LogP contribution in [0.5, 0.6) is 0 Å². The molecule has 8 nitrogen and oxygen atoms in total. The quantitative estimate of drug-likeness (QED) is 0.557. The number of amides is 2. The van der Waals surface area contributed by atoms with E-state index in [2.05, 4.69) is 22.5 Å². The summed E-state index contributed by atoms with van der Waals surface area (Å²) >= 11 is 0. The average Bonchev–Trinajstić information content (AvgIpc) is 2.70.